The van der Waals surface area contributed by atoms with Gasteiger partial charge in [0.05, 0.1) is 5.54 Å². The highest BCUT2D eigenvalue weighted by molar-refractivity contribution is 7.09. The molecule has 1 N–H and O–H groups in total. The summed E-state index contributed by atoms with van der Waals surface area (Å²) in [6, 6.07) is 0. The molecule has 2 atom stereocenters. The number of aryl methyl sites for hydroxylation is 1. The average molecular weight is 278 g/mol. The van der Waals surface area contributed by atoms with Crippen molar-refractivity contribution in [3.63, 3.8) is 0 Å². The van der Waals surface area contributed by atoms with E-state index in [0.29, 0.717) is 0 Å². The van der Waals surface area contributed by atoms with E-state index in [1.54, 1.807) is 0 Å². The molecule has 106 valence electrons. The molecular weight excluding hydrogens is 252 g/mol. The molecule has 3 heteroatoms. The highest BCUT2D eigenvalue weighted by Gasteiger charge is 2.44. The lowest BCUT2D eigenvalue weighted by atomic mass is 9.74. The molecule has 2 fully saturated rings. The Balaban J connectivity index is 1.82. The minimum absolute atomic E-state index is 0.195. The van der Waals surface area contributed by atoms with Crippen LogP contribution in [0.2, 0.25) is 0 Å². The lowest BCUT2D eigenvalue weighted by Crippen LogP contribution is -2.46. The minimum Gasteiger partial charge on any atom is -0.305 e. The van der Waals surface area contributed by atoms with Crippen LogP contribution in [0.4, 0.5) is 0 Å². The molecule has 1 aromatic rings. The Labute approximate surface area is 121 Å². The van der Waals surface area contributed by atoms with E-state index in [2.05, 4.69) is 24.5 Å². The number of aromatic nitrogens is 1. The highest BCUT2D eigenvalue weighted by atomic mass is 32.1. The second-order valence-corrected chi connectivity index (χ2v) is 7.35. The van der Waals surface area contributed by atoms with Gasteiger partial charge in [0.2, 0.25) is 0 Å². The molecule has 0 spiro atoms. The first-order valence-electron chi connectivity index (χ1n) is 7.91. The van der Waals surface area contributed by atoms with E-state index in [-0.39, 0.29) is 5.54 Å². The quantitative estimate of drug-likeness (QED) is 0.871. The maximum atomic E-state index is 4.83. The standard InChI is InChI=1S/C16H26N2S/c1-3-9-17-16(15-18-12(2)11-19-15)8-4-5-14(10-16)13-6-7-13/h11,13-14,17H,3-10H2,1-2H3. The second kappa shape index (κ2) is 5.53. The Morgan fingerprint density at radius 1 is 1.37 bits per heavy atom. The third kappa shape index (κ3) is 2.87. The summed E-state index contributed by atoms with van der Waals surface area (Å²) in [5.74, 6) is 1.98. The second-order valence-electron chi connectivity index (χ2n) is 6.50. The molecule has 1 heterocycles. The Bertz CT molecular complexity index is 424. The number of nitrogens with zero attached hydrogens (tertiary/aromatic N) is 1. The van der Waals surface area contributed by atoms with Gasteiger partial charge in [0, 0.05) is 11.1 Å². The highest BCUT2D eigenvalue weighted by Crippen LogP contribution is 2.49. The van der Waals surface area contributed by atoms with Gasteiger partial charge in [0.15, 0.2) is 0 Å². The van der Waals surface area contributed by atoms with Gasteiger partial charge < -0.3 is 5.32 Å². The van der Waals surface area contributed by atoms with Crippen molar-refractivity contribution in [1.82, 2.24) is 10.3 Å². The van der Waals surface area contributed by atoms with Crippen molar-refractivity contribution in [3.8, 4) is 0 Å². The van der Waals surface area contributed by atoms with Gasteiger partial charge in [-0.2, -0.15) is 0 Å². The van der Waals surface area contributed by atoms with E-state index in [9.17, 15) is 0 Å². The van der Waals surface area contributed by atoms with E-state index < -0.39 is 0 Å². The van der Waals surface area contributed by atoms with E-state index >= 15 is 0 Å². The van der Waals surface area contributed by atoms with Crippen molar-refractivity contribution >= 4 is 11.3 Å². The van der Waals surface area contributed by atoms with Gasteiger partial charge in [0.1, 0.15) is 5.01 Å². The molecule has 2 aliphatic carbocycles. The minimum atomic E-state index is 0.195. The van der Waals surface area contributed by atoms with Crippen molar-refractivity contribution < 1.29 is 0 Å². The lowest BCUT2D eigenvalue weighted by molar-refractivity contribution is 0.163. The zero-order valence-electron chi connectivity index (χ0n) is 12.2. The maximum absolute atomic E-state index is 4.83. The molecule has 0 saturated heterocycles. The largest absolute Gasteiger partial charge is 0.305 e. The van der Waals surface area contributed by atoms with Crippen LogP contribution < -0.4 is 5.32 Å². The van der Waals surface area contributed by atoms with Crippen LogP contribution in [0, 0.1) is 18.8 Å². The third-order valence-corrected chi connectivity index (χ3v) is 5.98. The van der Waals surface area contributed by atoms with Crippen molar-refractivity contribution in [1.29, 1.82) is 0 Å². The molecule has 2 unspecified atom stereocenters. The van der Waals surface area contributed by atoms with Gasteiger partial charge in [0.25, 0.3) is 0 Å². The topological polar surface area (TPSA) is 24.9 Å². The van der Waals surface area contributed by atoms with E-state index in [4.69, 9.17) is 4.98 Å². The average Bonchev–Trinajstić information content (AvgIpc) is 3.19. The first-order valence-corrected chi connectivity index (χ1v) is 8.79. The van der Waals surface area contributed by atoms with Crippen LogP contribution in [-0.4, -0.2) is 11.5 Å². The van der Waals surface area contributed by atoms with Gasteiger partial charge >= 0.3 is 0 Å². The number of thiazole rings is 1. The maximum Gasteiger partial charge on any atom is 0.113 e. The fourth-order valence-corrected chi connectivity index (χ4v) is 4.67. The predicted octanol–water partition coefficient (Wildman–Crippen LogP) is 4.25. The van der Waals surface area contributed by atoms with Gasteiger partial charge in [-0.25, -0.2) is 4.98 Å². The monoisotopic (exact) mass is 278 g/mol. The molecule has 2 aliphatic rings. The number of rotatable bonds is 5. The summed E-state index contributed by atoms with van der Waals surface area (Å²) in [5.41, 5.74) is 1.38. The van der Waals surface area contributed by atoms with Crippen LogP contribution in [0.25, 0.3) is 0 Å². The van der Waals surface area contributed by atoms with Crippen LogP contribution in [0.5, 0.6) is 0 Å². The van der Waals surface area contributed by atoms with Crippen molar-refractivity contribution in [2.75, 3.05) is 6.54 Å². The Morgan fingerprint density at radius 2 is 2.21 bits per heavy atom. The van der Waals surface area contributed by atoms with Crippen molar-refractivity contribution in [3.05, 3.63) is 16.1 Å². The lowest BCUT2D eigenvalue weighted by Gasteiger charge is -2.41. The molecule has 0 aliphatic heterocycles. The third-order valence-electron chi connectivity index (χ3n) is 4.82. The first kappa shape index (κ1) is 13.6. The van der Waals surface area contributed by atoms with Crippen LogP contribution in [0.1, 0.15) is 62.6 Å². The van der Waals surface area contributed by atoms with Crippen LogP contribution >= 0.6 is 11.3 Å². The summed E-state index contributed by atoms with van der Waals surface area (Å²) in [4.78, 5) is 4.83. The van der Waals surface area contributed by atoms with Crippen molar-refractivity contribution in [2.24, 2.45) is 11.8 Å². The van der Waals surface area contributed by atoms with E-state index in [0.717, 1.165) is 18.4 Å². The normalized spacial score (nSPS) is 31.6. The molecular formula is C16H26N2S. The Kier molecular flexibility index (Phi) is 3.95. The van der Waals surface area contributed by atoms with Gasteiger partial charge in [-0.05, 0) is 57.4 Å². The van der Waals surface area contributed by atoms with Gasteiger partial charge in [-0.3, -0.25) is 0 Å². The van der Waals surface area contributed by atoms with E-state index in [1.807, 2.05) is 11.3 Å². The molecule has 0 amide bonds. The fourth-order valence-electron chi connectivity index (χ4n) is 3.66. The number of nitrogens with one attached hydrogen (secondary N) is 1. The Morgan fingerprint density at radius 3 is 2.84 bits per heavy atom. The summed E-state index contributed by atoms with van der Waals surface area (Å²) in [6.07, 6.45) is 9.59. The summed E-state index contributed by atoms with van der Waals surface area (Å²) in [5, 5.41) is 7.44. The smallest absolute Gasteiger partial charge is 0.113 e. The molecule has 0 aromatic carbocycles. The van der Waals surface area contributed by atoms with Crippen molar-refractivity contribution in [2.45, 2.75) is 64.3 Å². The molecule has 3 rings (SSSR count). The van der Waals surface area contributed by atoms with Gasteiger partial charge in [-0.15, -0.1) is 11.3 Å². The van der Waals surface area contributed by atoms with E-state index in [1.165, 1.54) is 55.6 Å². The summed E-state index contributed by atoms with van der Waals surface area (Å²) in [7, 11) is 0. The predicted molar refractivity (Wildman–Crippen MR) is 81.5 cm³/mol. The summed E-state index contributed by atoms with van der Waals surface area (Å²) in [6.45, 7) is 5.50. The van der Waals surface area contributed by atoms with Crippen LogP contribution in [0.3, 0.4) is 0 Å². The molecule has 0 radical (unpaired) electrons. The van der Waals surface area contributed by atoms with Gasteiger partial charge in [-0.1, -0.05) is 19.8 Å². The first-order chi connectivity index (χ1) is 9.23. The number of hydrogen-bond acceptors (Lipinski definition) is 3. The SMILES string of the molecule is CCCNC1(c2nc(C)cs2)CCCC(C2CC2)C1. The van der Waals surface area contributed by atoms with Crippen LogP contribution in [-0.2, 0) is 5.54 Å². The molecule has 2 saturated carbocycles. The zero-order chi connectivity index (χ0) is 13.3. The molecule has 1 aromatic heterocycles. The van der Waals surface area contributed by atoms with Crippen LogP contribution in [0.15, 0.2) is 5.38 Å². The zero-order valence-corrected chi connectivity index (χ0v) is 13.1. The fraction of sp³-hybridized carbons (Fsp3) is 0.812. The molecule has 0 bridgehead atoms. The summed E-state index contributed by atoms with van der Waals surface area (Å²) >= 11 is 1.87. The molecule has 19 heavy (non-hydrogen) atoms. The Hall–Kier alpha value is -0.410. The summed E-state index contributed by atoms with van der Waals surface area (Å²) < 4.78 is 0. The number of hydrogen-bond donors (Lipinski definition) is 1. The molecule has 2 nitrogen and oxygen atoms in total.